The Morgan fingerprint density at radius 2 is 2.08 bits per heavy atom. The number of hydrogen-bond donors (Lipinski definition) is 1. The van der Waals surface area contributed by atoms with Crippen molar-refractivity contribution in [3.63, 3.8) is 0 Å². The Balaban J connectivity index is 3.93. The van der Waals surface area contributed by atoms with Gasteiger partial charge in [-0.1, -0.05) is 13.3 Å². The third-order valence-corrected chi connectivity index (χ3v) is 1.69. The van der Waals surface area contributed by atoms with Crippen molar-refractivity contribution in [3.05, 3.63) is 0 Å². The second-order valence-corrected chi connectivity index (χ2v) is 2.97. The van der Waals surface area contributed by atoms with Gasteiger partial charge in [0.2, 0.25) is 5.91 Å². The van der Waals surface area contributed by atoms with Crippen LogP contribution in [0.15, 0.2) is 0 Å². The molecular weight excluding hydrogens is 170 g/mol. The van der Waals surface area contributed by atoms with Crippen LogP contribution in [-0.2, 0) is 14.3 Å². The summed E-state index contributed by atoms with van der Waals surface area (Å²) >= 11 is 0. The van der Waals surface area contributed by atoms with Gasteiger partial charge in [0.25, 0.3) is 0 Å². The predicted octanol–water partition coefficient (Wildman–Crippen LogP) is 0.854. The molecule has 0 fully saturated rings. The summed E-state index contributed by atoms with van der Waals surface area (Å²) in [6.45, 7) is 3.45. The van der Waals surface area contributed by atoms with Gasteiger partial charge >= 0.3 is 5.97 Å². The van der Waals surface area contributed by atoms with E-state index in [-0.39, 0.29) is 24.3 Å². The maximum atomic E-state index is 10.9. The minimum atomic E-state index is -0.285. The van der Waals surface area contributed by atoms with Crippen molar-refractivity contribution in [3.8, 4) is 0 Å². The Labute approximate surface area is 78.6 Å². The fraction of sp³-hybridized carbons (Fsp3) is 0.778. The quantitative estimate of drug-likeness (QED) is 0.649. The van der Waals surface area contributed by atoms with Crippen LogP contribution in [0, 0.1) is 0 Å². The molecule has 4 heteroatoms. The van der Waals surface area contributed by atoms with E-state index in [4.69, 9.17) is 0 Å². The van der Waals surface area contributed by atoms with E-state index in [0.717, 1.165) is 12.8 Å². The lowest BCUT2D eigenvalue weighted by Crippen LogP contribution is -2.35. The first-order chi connectivity index (χ1) is 6.10. The molecule has 0 aromatic heterocycles. The molecule has 0 heterocycles. The molecule has 0 spiro atoms. The highest BCUT2D eigenvalue weighted by atomic mass is 16.5. The highest BCUT2D eigenvalue weighted by Crippen LogP contribution is 2.02. The molecule has 4 nitrogen and oxygen atoms in total. The normalized spacial score (nSPS) is 11.9. The van der Waals surface area contributed by atoms with Crippen molar-refractivity contribution in [2.75, 3.05) is 7.11 Å². The Kier molecular flexibility index (Phi) is 5.93. The van der Waals surface area contributed by atoms with E-state index in [1.807, 2.05) is 6.92 Å². The minimum Gasteiger partial charge on any atom is -0.469 e. The zero-order valence-corrected chi connectivity index (χ0v) is 8.42. The summed E-state index contributed by atoms with van der Waals surface area (Å²) in [7, 11) is 1.35. The minimum absolute atomic E-state index is 0.0880. The van der Waals surface area contributed by atoms with Gasteiger partial charge in [-0.05, 0) is 6.42 Å². The van der Waals surface area contributed by atoms with Crippen molar-refractivity contribution >= 4 is 11.9 Å². The molecule has 0 rings (SSSR count). The average Bonchev–Trinajstić information content (AvgIpc) is 2.03. The molecule has 0 bridgehead atoms. The SMILES string of the molecule is CCC[C@H](CC(=O)OC)NC(C)=O. The molecule has 76 valence electrons. The Bertz CT molecular complexity index is 180. The summed E-state index contributed by atoms with van der Waals surface area (Å²) in [5, 5.41) is 2.71. The van der Waals surface area contributed by atoms with Crippen LogP contribution in [0.3, 0.4) is 0 Å². The molecule has 0 saturated heterocycles. The average molecular weight is 187 g/mol. The van der Waals surface area contributed by atoms with Gasteiger partial charge in [0.05, 0.1) is 13.5 Å². The number of nitrogens with one attached hydrogen (secondary N) is 1. The maximum absolute atomic E-state index is 10.9. The number of ether oxygens (including phenoxy) is 1. The smallest absolute Gasteiger partial charge is 0.307 e. The topological polar surface area (TPSA) is 55.4 Å². The molecule has 13 heavy (non-hydrogen) atoms. The molecule has 0 radical (unpaired) electrons. The van der Waals surface area contributed by atoms with Crippen LogP contribution in [0.5, 0.6) is 0 Å². The van der Waals surface area contributed by atoms with Gasteiger partial charge in [0, 0.05) is 13.0 Å². The molecule has 0 aliphatic heterocycles. The first-order valence-corrected chi connectivity index (χ1v) is 4.44. The number of carbonyl (C=O) groups excluding carboxylic acids is 2. The lowest BCUT2D eigenvalue weighted by Gasteiger charge is -2.15. The first kappa shape index (κ1) is 11.9. The number of methoxy groups -OCH3 is 1. The molecule has 0 aliphatic rings. The van der Waals surface area contributed by atoms with Crippen LogP contribution in [-0.4, -0.2) is 25.0 Å². The number of rotatable bonds is 5. The second kappa shape index (κ2) is 6.46. The zero-order valence-electron chi connectivity index (χ0n) is 8.42. The molecule has 0 aromatic carbocycles. The third kappa shape index (κ3) is 6.13. The van der Waals surface area contributed by atoms with Gasteiger partial charge in [0.1, 0.15) is 0 Å². The summed E-state index contributed by atoms with van der Waals surface area (Å²) in [6.07, 6.45) is 1.99. The van der Waals surface area contributed by atoms with Crippen molar-refractivity contribution in [2.45, 2.75) is 39.2 Å². The molecule has 1 N–H and O–H groups in total. The maximum Gasteiger partial charge on any atom is 0.307 e. The number of amides is 1. The summed E-state index contributed by atoms with van der Waals surface area (Å²) < 4.78 is 4.52. The number of hydrogen-bond acceptors (Lipinski definition) is 3. The van der Waals surface area contributed by atoms with Gasteiger partial charge < -0.3 is 10.1 Å². The molecule has 0 unspecified atom stereocenters. The fourth-order valence-electron chi connectivity index (χ4n) is 1.15. The molecule has 0 saturated carbocycles. The molecule has 1 atom stereocenters. The summed E-state index contributed by atoms with van der Waals surface area (Å²) in [4.78, 5) is 21.6. The molecule has 1 amide bonds. The highest BCUT2D eigenvalue weighted by Gasteiger charge is 2.13. The lowest BCUT2D eigenvalue weighted by atomic mass is 10.1. The largest absolute Gasteiger partial charge is 0.469 e. The molecule has 0 aliphatic carbocycles. The third-order valence-electron chi connectivity index (χ3n) is 1.69. The Hall–Kier alpha value is -1.06. The van der Waals surface area contributed by atoms with Gasteiger partial charge in [-0.3, -0.25) is 9.59 Å². The van der Waals surface area contributed by atoms with Crippen LogP contribution < -0.4 is 5.32 Å². The summed E-state index contributed by atoms with van der Waals surface area (Å²) in [5.41, 5.74) is 0. The Morgan fingerprint density at radius 3 is 2.46 bits per heavy atom. The summed E-state index contributed by atoms with van der Waals surface area (Å²) in [6, 6.07) is -0.0880. The van der Waals surface area contributed by atoms with Gasteiger partial charge in [-0.15, -0.1) is 0 Å². The van der Waals surface area contributed by atoms with Crippen LogP contribution in [0.2, 0.25) is 0 Å². The summed E-state index contributed by atoms with van der Waals surface area (Å²) in [5.74, 6) is -0.394. The van der Waals surface area contributed by atoms with E-state index in [1.165, 1.54) is 14.0 Å². The van der Waals surface area contributed by atoms with E-state index < -0.39 is 0 Å². The van der Waals surface area contributed by atoms with E-state index in [1.54, 1.807) is 0 Å². The zero-order chi connectivity index (χ0) is 10.3. The van der Waals surface area contributed by atoms with Crippen molar-refractivity contribution < 1.29 is 14.3 Å². The number of esters is 1. The van der Waals surface area contributed by atoms with Crippen LogP contribution in [0.4, 0.5) is 0 Å². The van der Waals surface area contributed by atoms with Gasteiger partial charge in [-0.25, -0.2) is 0 Å². The van der Waals surface area contributed by atoms with E-state index in [9.17, 15) is 9.59 Å². The molecular formula is C9H17NO3. The Morgan fingerprint density at radius 1 is 1.46 bits per heavy atom. The van der Waals surface area contributed by atoms with Crippen molar-refractivity contribution in [2.24, 2.45) is 0 Å². The van der Waals surface area contributed by atoms with Gasteiger partial charge in [-0.2, -0.15) is 0 Å². The van der Waals surface area contributed by atoms with E-state index >= 15 is 0 Å². The van der Waals surface area contributed by atoms with E-state index in [2.05, 4.69) is 10.1 Å². The monoisotopic (exact) mass is 187 g/mol. The predicted molar refractivity (Wildman–Crippen MR) is 49.1 cm³/mol. The van der Waals surface area contributed by atoms with Crippen molar-refractivity contribution in [1.29, 1.82) is 0 Å². The van der Waals surface area contributed by atoms with Crippen LogP contribution in [0.25, 0.3) is 0 Å². The van der Waals surface area contributed by atoms with Crippen LogP contribution >= 0.6 is 0 Å². The molecule has 0 aromatic rings. The van der Waals surface area contributed by atoms with E-state index in [0.29, 0.717) is 0 Å². The first-order valence-electron chi connectivity index (χ1n) is 4.44. The highest BCUT2D eigenvalue weighted by molar-refractivity contribution is 5.75. The lowest BCUT2D eigenvalue weighted by molar-refractivity contribution is -0.141. The standard InChI is InChI=1S/C9H17NO3/c1-4-5-8(10-7(2)11)6-9(12)13-3/h8H,4-6H2,1-3H3,(H,10,11)/t8-/m1/s1. The second-order valence-electron chi connectivity index (χ2n) is 2.97. The van der Waals surface area contributed by atoms with Gasteiger partial charge in [0.15, 0.2) is 0 Å². The van der Waals surface area contributed by atoms with Crippen molar-refractivity contribution in [1.82, 2.24) is 5.32 Å². The fourth-order valence-corrected chi connectivity index (χ4v) is 1.15. The number of carbonyl (C=O) groups is 2. The van der Waals surface area contributed by atoms with Crippen LogP contribution in [0.1, 0.15) is 33.1 Å².